The van der Waals surface area contributed by atoms with Crippen LogP contribution in [-0.2, 0) is 17.6 Å². The van der Waals surface area contributed by atoms with E-state index in [2.05, 4.69) is 36.9 Å². The SMILES string of the molecule is Cc1cccnc1[C@H](Cc1ccsc1)NC(=O)CCc1nc(-c2cccnc2)no1. The Morgan fingerprint density at radius 3 is 2.90 bits per heavy atom. The minimum Gasteiger partial charge on any atom is -0.347 e. The lowest BCUT2D eigenvalue weighted by atomic mass is 10.0. The van der Waals surface area contributed by atoms with Crippen molar-refractivity contribution in [3.63, 3.8) is 0 Å². The molecule has 0 bridgehead atoms. The molecule has 0 saturated heterocycles. The van der Waals surface area contributed by atoms with Crippen LogP contribution in [0, 0.1) is 6.92 Å². The highest BCUT2D eigenvalue weighted by Crippen LogP contribution is 2.21. The molecule has 8 heteroatoms. The van der Waals surface area contributed by atoms with Crippen LogP contribution in [0.5, 0.6) is 0 Å². The monoisotopic (exact) mass is 419 g/mol. The van der Waals surface area contributed by atoms with Crippen LogP contribution in [0.1, 0.15) is 35.2 Å². The van der Waals surface area contributed by atoms with E-state index in [-0.39, 0.29) is 18.4 Å². The molecule has 30 heavy (non-hydrogen) atoms. The molecule has 0 unspecified atom stereocenters. The Hall–Kier alpha value is -3.39. The van der Waals surface area contributed by atoms with Crippen LogP contribution in [0.15, 0.2) is 64.2 Å². The van der Waals surface area contributed by atoms with E-state index in [1.54, 1.807) is 29.9 Å². The predicted molar refractivity (Wildman–Crippen MR) is 114 cm³/mol. The molecule has 0 radical (unpaired) electrons. The van der Waals surface area contributed by atoms with Crippen LogP contribution < -0.4 is 5.32 Å². The van der Waals surface area contributed by atoms with Crippen molar-refractivity contribution in [2.75, 3.05) is 0 Å². The molecule has 4 heterocycles. The molecule has 7 nitrogen and oxygen atoms in total. The van der Waals surface area contributed by atoms with E-state index in [1.165, 1.54) is 5.56 Å². The molecular weight excluding hydrogens is 398 g/mol. The summed E-state index contributed by atoms with van der Waals surface area (Å²) < 4.78 is 5.28. The van der Waals surface area contributed by atoms with Gasteiger partial charge in [0.05, 0.1) is 11.7 Å². The highest BCUT2D eigenvalue weighted by atomic mass is 32.1. The minimum absolute atomic E-state index is 0.0820. The highest BCUT2D eigenvalue weighted by Gasteiger charge is 2.19. The Balaban J connectivity index is 1.40. The minimum atomic E-state index is -0.193. The van der Waals surface area contributed by atoms with Gasteiger partial charge in [0.1, 0.15) is 0 Å². The van der Waals surface area contributed by atoms with E-state index in [0.29, 0.717) is 24.6 Å². The standard InChI is InChI=1S/C22H21N5O2S/c1-15-4-2-10-24-21(15)18(12-16-8-11-30-14-16)25-19(28)6-7-20-26-22(27-29-20)17-5-3-9-23-13-17/h2-5,8-11,13-14,18H,6-7,12H2,1H3,(H,25,28)/t18-/m0/s1. The van der Waals surface area contributed by atoms with Crippen LogP contribution in [0.4, 0.5) is 0 Å². The quantitative estimate of drug-likeness (QED) is 0.465. The van der Waals surface area contributed by atoms with Crippen molar-refractivity contribution < 1.29 is 9.32 Å². The number of rotatable bonds is 8. The molecule has 1 amide bonds. The van der Waals surface area contributed by atoms with Gasteiger partial charge in [0, 0.05) is 37.0 Å². The van der Waals surface area contributed by atoms with Gasteiger partial charge in [0.25, 0.3) is 0 Å². The number of carbonyl (C=O) groups excluding carboxylic acids is 1. The van der Waals surface area contributed by atoms with E-state index >= 15 is 0 Å². The third-order valence-corrected chi connectivity index (χ3v) is 5.42. The maximum atomic E-state index is 12.7. The number of aromatic nitrogens is 4. The Morgan fingerprint density at radius 1 is 1.23 bits per heavy atom. The molecule has 0 fully saturated rings. The van der Waals surface area contributed by atoms with Crippen LogP contribution in [0.3, 0.4) is 0 Å². The number of nitrogens with one attached hydrogen (secondary N) is 1. The average molecular weight is 420 g/mol. The van der Waals surface area contributed by atoms with Crippen molar-refractivity contribution in [2.24, 2.45) is 0 Å². The summed E-state index contributed by atoms with van der Waals surface area (Å²) in [5.41, 5.74) is 3.89. The van der Waals surface area contributed by atoms with Crippen molar-refractivity contribution in [1.29, 1.82) is 0 Å². The average Bonchev–Trinajstić information content (AvgIpc) is 3.45. The molecule has 4 aromatic rings. The van der Waals surface area contributed by atoms with Gasteiger partial charge >= 0.3 is 0 Å². The number of nitrogens with zero attached hydrogens (tertiary/aromatic N) is 4. The molecule has 4 aromatic heterocycles. The van der Waals surface area contributed by atoms with Gasteiger partial charge in [-0.25, -0.2) is 0 Å². The molecule has 0 aliphatic rings. The second-order valence-corrected chi connectivity index (χ2v) is 7.69. The lowest BCUT2D eigenvalue weighted by Crippen LogP contribution is -2.31. The first-order valence-electron chi connectivity index (χ1n) is 9.64. The van der Waals surface area contributed by atoms with Crippen LogP contribution >= 0.6 is 11.3 Å². The number of thiophene rings is 1. The number of pyridine rings is 2. The molecule has 0 spiro atoms. The van der Waals surface area contributed by atoms with Gasteiger partial charge in [-0.05, 0) is 59.5 Å². The third kappa shape index (κ3) is 4.96. The summed E-state index contributed by atoms with van der Waals surface area (Å²) in [5.74, 6) is 0.812. The van der Waals surface area contributed by atoms with E-state index in [1.807, 2.05) is 36.6 Å². The molecule has 152 valence electrons. The van der Waals surface area contributed by atoms with Crippen LogP contribution in [0.2, 0.25) is 0 Å². The summed E-state index contributed by atoms with van der Waals surface area (Å²) in [4.78, 5) is 25.6. The van der Waals surface area contributed by atoms with Gasteiger partial charge in [0.15, 0.2) is 0 Å². The molecular formula is C22H21N5O2S. The van der Waals surface area contributed by atoms with Crippen molar-refractivity contribution in [3.05, 3.63) is 82.4 Å². The summed E-state index contributed by atoms with van der Waals surface area (Å²) in [5, 5.41) is 11.2. The summed E-state index contributed by atoms with van der Waals surface area (Å²) >= 11 is 1.64. The Kier molecular flexibility index (Phi) is 6.24. The van der Waals surface area contributed by atoms with Gasteiger partial charge in [-0.3, -0.25) is 14.8 Å². The second kappa shape index (κ2) is 9.41. The summed E-state index contributed by atoms with van der Waals surface area (Å²) in [7, 11) is 0. The zero-order valence-electron chi connectivity index (χ0n) is 16.5. The fraction of sp³-hybridized carbons (Fsp3) is 0.227. The third-order valence-electron chi connectivity index (χ3n) is 4.69. The van der Waals surface area contributed by atoms with Gasteiger partial charge in [0.2, 0.25) is 17.6 Å². The largest absolute Gasteiger partial charge is 0.347 e. The fourth-order valence-corrected chi connectivity index (χ4v) is 3.86. The van der Waals surface area contributed by atoms with E-state index in [0.717, 1.165) is 16.8 Å². The number of carbonyl (C=O) groups is 1. The smallest absolute Gasteiger partial charge is 0.227 e. The van der Waals surface area contributed by atoms with E-state index in [4.69, 9.17) is 4.52 Å². The van der Waals surface area contributed by atoms with Gasteiger partial charge in [-0.15, -0.1) is 0 Å². The maximum absolute atomic E-state index is 12.7. The molecule has 0 aliphatic carbocycles. The Bertz CT molecular complexity index is 1100. The fourth-order valence-electron chi connectivity index (χ4n) is 3.18. The normalized spacial score (nSPS) is 11.9. The lowest BCUT2D eigenvalue weighted by Gasteiger charge is -2.19. The maximum Gasteiger partial charge on any atom is 0.227 e. The molecule has 1 atom stereocenters. The molecule has 4 rings (SSSR count). The van der Waals surface area contributed by atoms with E-state index in [9.17, 15) is 4.79 Å². The lowest BCUT2D eigenvalue weighted by molar-refractivity contribution is -0.121. The second-order valence-electron chi connectivity index (χ2n) is 6.91. The van der Waals surface area contributed by atoms with Gasteiger partial charge < -0.3 is 9.84 Å². The molecule has 0 aromatic carbocycles. The number of aryl methyl sites for hydroxylation is 2. The zero-order valence-corrected chi connectivity index (χ0v) is 17.3. The summed E-state index contributed by atoms with van der Waals surface area (Å²) in [6.45, 7) is 2.01. The van der Waals surface area contributed by atoms with Crippen molar-refractivity contribution in [3.8, 4) is 11.4 Å². The molecule has 0 saturated carbocycles. The first kappa shape index (κ1) is 19.9. The zero-order chi connectivity index (χ0) is 20.8. The number of hydrogen-bond acceptors (Lipinski definition) is 7. The Labute approximate surface area is 178 Å². The van der Waals surface area contributed by atoms with Crippen molar-refractivity contribution >= 4 is 17.2 Å². The number of hydrogen-bond donors (Lipinski definition) is 1. The first-order chi connectivity index (χ1) is 14.7. The summed E-state index contributed by atoms with van der Waals surface area (Å²) in [6.07, 6.45) is 6.43. The molecule has 1 N–H and O–H groups in total. The van der Waals surface area contributed by atoms with Crippen LogP contribution in [0.25, 0.3) is 11.4 Å². The Morgan fingerprint density at radius 2 is 2.13 bits per heavy atom. The molecule has 0 aliphatic heterocycles. The predicted octanol–water partition coefficient (Wildman–Crippen LogP) is 3.93. The van der Waals surface area contributed by atoms with Gasteiger partial charge in [-0.1, -0.05) is 11.2 Å². The topological polar surface area (TPSA) is 93.8 Å². The van der Waals surface area contributed by atoms with E-state index < -0.39 is 0 Å². The van der Waals surface area contributed by atoms with Crippen molar-refractivity contribution in [2.45, 2.75) is 32.2 Å². The summed E-state index contributed by atoms with van der Waals surface area (Å²) in [6, 6.07) is 9.46. The van der Waals surface area contributed by atoms with Crippen molar-refractivity contribution in [1.82, 2.24) is 25.4 Å². The van der Waals surface area contributed by atoms with Crippen LogP contribution in [-0.4, -0.2) is 26.0 Å². The first-order valence-corrected chi connectivity index (χ1v) is 10.6. The number of amides is 1. The van der Waals surface area contributed by atoms with Gasteiger partial charge in [-0.2, -0.15) is 16.3 Å². The highest BCUT2D eigenvalue weighted by molar-refractivity contribution is 7.07.